The zero-order chi connectivity index (χ0) is 19.3. The van der Waals surface area contributed by atoms with E-state index in [2.05, 4.69) is 26.1 Å². The molecule has 0 aliphatic carbocycles. The highest BCUT2D eigenvalue weighted by molar-refractivity contribution is 9.10. The second-order valence-electron chi connectivity index (χ2n) is 6.47. The molecule has 3 aromatic carbocycles. The molecule has 0 amide bonds. The van der Waals surface area contributed by atoms with Crippen molar-refractivity contribution in [1.29, 1.82) is 0 Å². The molecule has 4 N–H and O–H groups in total. The summed E-state index contributed by atoms with van der Waals surface area (Å²) in [6, 6.07) is 21.3. The van der Waals surface area contributed by atoms with Gasteiger partial charge in [-0.25, -0.2) is 0 Å². The molecular formula is C21H15BrN6. The molecule has 0 unspecified atom stereocenters. The number of nitrogens with zero attached hydrogens (tertiary/aromatic N) is 4. The number of rotatable bonds is 2. The molecule has 136 valence electrons. The highest BCUT2D eigenvalue weighted by Crippen LogP contribution is 2.36. The molecule has 5 rings (SSSR count). The molecule has 7 heteroatoms. The third-order valence-corrected chi connectivity index (χ3v) is 5.26. The Morgan fingerprint density at radius 1 is 0.750 bits per heavy atom. The van der Waals surface area contributed by atoms with Crippen LogP contribution in [0.4, 0.5) is 11.4 Å². The average molecular weight is 431 g/mol. The number of nitrogens with two attached hydrogens (primary N) is 2. The molecule has 2 heterocycles. The SMILES string of the molecule is Nc1cccc(N)c1-c1nn2c(-c3ccc(Br)cc3)nnc2c2ccccc12. The lowest BCUT2D eigenvalue weighted by Crippen LogP contribution is -2.03. The van der Waals surface area contributed by atoms with Gasteiger partial charge < -0.3 is 11.5 Å². The second kappa shape index (κ2) is 6.31. The minimum absolute atomic E-state index is 0.579. The largest absolute Gasteiger partial charge is 0.398 e. The van der Waals surface area contributed by atoms with Crippen LogP contribution in [0.5, 0.6) is 0 Å². The van der Waals surface area contributed by atoms with Crippen LogP contribution < -0.4 is 11.5 Å². The predicted molar refractivity (Wildman–Crippen MR) is 116 cm³/mol. The van der Waals surface area contributed by atoms with E-state index in [0.717, 1.165) is 26.4 Å². The molecule has 0 saturated heterocycles. The van der Waals surface area contributed by atoms with Gasteiger partial charge in [0.05, 0.1) is 0 Å². The number of hydrogen-bond acceptors (Lipinski definition) is 5. The van der Waals surface area contributed by atoms with Gasteiger partial charge in [0.2, 0.25) is 0 Å². The first kappa shape index (κ1) is 16.7. The van der Waals surface area contributed by atoms with Gasteiger partial charge in [0.15, 0.2) is 11.5 Å². The lowest BCUT2D eigenvalue weighted by molar-refractivity contribution is 0.952. The Kier molecular flexibility index (Phi) is 3.77. The van der Waals surface area contributed by atoms with Gasteiger partial charge in [-0.05, 0) is 24.3 Å². The van der Waals surface area contributed by atoms with Crippen LogP contribution in [-0.2, 0) is 0 Å². The van der Waals surface area contributed by atoms with Crippen molar-refractivity contribution in [3.05, 3.63) is 71.2 Å². The maximum atomic E-state index is 6.26. The van der Waals surface area contributed by atoms with Crippen molar-refractivity contribution < 1.29 is 0 Å². The van der Waals surface area contributed by atoms with Crippen molar-refractivity contribution in [2.75, 3.05) is 11.5 Å². The maximum Gasteiger partial charge on any atom is 0.186 e. The molecule has 0 atom stereocenters. The van der Waals surface area contributed by atoms with Crippen molar-refractivity contribution in [3.8, 4) is 22.6 Å². The van der Waals surface area contributed by atoms with Crippen LogP contribution in [0.25, 0.3) is 39.1 Å². The first-order valence-corrected chi connectivity index (χ1v) is 9.47. The summed E-state index contributed by atoms with van der Waals surface area (Å²) in [5, 5.41) is 15.5. The van der Waals surface area contributed by atoms with Gasteiger partial charge in [-0.15, -0.1) is 10.2 Å². The summed E-state index contributed by atoms with van der Waals surface area (Å²) in [7, 11) is 0. The van der Waals surface area contributed by atoms with E-state index in [-0.39, 0.29) is 0 Å². The molecule has 6 nitrogen and oxygen atoms in total. The quantitative estimate of drug-likeness (QED) is 0.400. The Morgan fingerprint density at radius 2 is 1.43 bits per heavy atom. The van der Waals surface area contributed by atoms with Crippen LogP contribution in [0.3, 0.4) is 0 Å². The van der Waals surface area contributed by atoms with Crippen LogP contribution in [-0.4, -0.2) is 19.8 Å². The standard InChI is InChI=1S/C21H15BrN6/c22-13-10-8-12(9-11-13)20-25-26-21-15-5-2-1-4-14(15)19(27-28(20)21)18-16(23)6-3-7-17(18)24/h1-11H,23-24H2. The highest BCUT2D eigenvalue weighted by atomic mass is 79.9. The number of fused-ring (bicyclic) bond motifs is 3. The summed E-state index contributed by atoms with van der Waals surface area (Å²) in [6.45, 7) is 0. The number of halogens is 1. The van der Waals surface area contributed by atoms with E-state index in [4.69, 9.17) is 16.6 Å². The third-order valence-electron chi connectivity index (χ3n) is 4.73. The van der Waals surface area contributed by atoms with Crippen LogP contribution >= 0.6 is 15.9 Å². The van der Waals surface area contributed by atoms with Crippen molar-refractivity contribution >= 4 is 43.7 Å². The summed E-state index contributed by atoms with van der Waals surface area (Å²) in [5.41, 5.74) is 16.7. The first-order valence-electron chi connectivity index (χ1n) is 8.68. The van der Waals surface area contributed by atoms with E-state index in [1.807, 2.05) is 66.7 Å². The predicted octanol–water partition coefficient (Wildman–Crippen LogP) is 4.54. The Labute approximate surface area is 168 Å². The number of anilines is 2. The topological polar surface area (TPSA) is 95.1 Å². The van der Waals surface area contributed by atoms with Crippen LogP contribution in [0, 0.1) is 0 Å². The monoisotopic (exact) mass is 430 g/mol. The molecule has 0 radical (unpaired) electrons. The number of nitrogen functional groups attached to an aromatic ring is 2. The van der Waals surface area contributed by atoms with Crippen molar-refractivity contribution in [1.82, 2.24) is 19.8 Å². The summed E-state index contributed by atoms with van der Waals surface area (Å²) in [4.78, 5) is 0. The zero-order valence-electron chi connectivity index (χ0n) is 14.7. The Bertz CT molecular complexity index is 1320. The minimum Gasteiger partial charge on any atom is -0.398 e. The number of benzene rings is 3. The molecule has 0 spiro atoms. The van der Waals surface area contributed by atoms with Crippen LogP contribution in [0.2, 0.25) is 0 Å². The number of aromatic nitrogens is 4. The zero-order valence-corrected chi connectivity index (χ0v) is 16.3. The van der Waals surface area contributed by atoms with Crippen LogP contribution in [0.1, 0.15) is 0 Å². The fourth-order valence-electron chi connectivity index (χ4n) is 3.41. The number of hydrogen-bond donors (Lipinski definition) is 2. The van der Waals surface area contributed by atoms with Crippen molar-refractivity contribution in [3.63, 3.8) is 0 Å². The van der Waals surface area contributed by atoms with E-state index >= 15 is 0 Å². The minimum atomic E-state index is 0.579. The molecule has 0 fully saturated rings. The fourth-order valence-corrected chi connectivity index (χ4v) is 3.67. The van der Waals surface area contributed by atoms with E-state index in [1.54, 1.807) is 4.52 Å². The molecule has 0 saturated carbocycles. The smallest absolute Gasteiger partial charge is 0.186 e. The summed E-state index contributed by atoms with van der Waals surface area (Å²) in [6.07, 6.45) is 0. The lowest BCUT2D eigenvalue weighted by atomic mass is 10.0. The van der Waals surface area contributed by atoms with E-state index in [0.29, 0.717) is 28.5 Å². The van der Waals surface area contributed by atoms with Gasteiger partial charge >= 0.3 is 0 Å². The molecule has 28 heavy (non-hydrogen) atoms. The molecule has 0 aliphatic rings. The average Bonchev–Trinajstić information content (AvgIpc) is 3.13. The highest BCUT2D eigenvalue weighted by Gasteiger charge is 2.18. The molecule has 0 bridgehead atoms. The Morgan fingerprint density at radius 3 is 2.14 bits per heavy atom. The van der Waals surface area contributed by atoms with E-state index in [1.165, 1.54) is 0 Å². The molecular weight excluding hydrogens is 416 g/mol. The van der Waals surface area contributed by atoms with Gasteiger partial charge in [-0.2, -0.15) is 9.61 Å². The molecule has 0 aliphatic heterocycles. The van der Waals surface area contributed by atoms with Gasteiger partial charge in [0.1, 0.15) is 5.69 Å². The fraction of sp³-hybridized carbons (Fsp3) is 0. The lowest BCUT2D eigenvalue weighted by Gasteiger charge is -2.12. The second-order valence-corrected chi connectivity index (χ2v) is 7.39. The molecule has 5 aromatic rings. The Balaban J connectivity index is 1.90. The summed E-state index contributed by atoms with van der Waals surface area (Å²) in [5.74, 6) is 0.655. The Hall–Kier alpha value is -3.45. The maximum absolute atomic E-state index is 6.26. The normalized spacial score (nSPS) is 11.3. The third kappa shape index (κ3) is 2.51. The summed E-state index contributed by atoms with van der Waals surface area (Å²) < 4.78 is 2.75. The van der Waals surface area contributed by atoms with Gasteiger partial charge in [-0.1, -0.05) is 58.4 Å². The van der Waals surface area contributed by atoms with E-state index in [9.17, 15) is 0 Å². The van der Waals surface area contributed by atoms with E-state index < -0.39 is 0 Å². The van der Waals surface area contributed by atoms with Gasteiger partial charge in [0, 0.05) is 37.7 Å². The van der Waals surface area contributed by atoms with Gasteiger partial charge in [0.25, 0.3) is 0 Å². The van der Waals surface area contributed by atoms with Crippen molar-refractivity contribution in [2.45, 2.75) is 0 Å². The van der Waals surface area contributed by atoms with Gasteiger partial charge in [-0.3, -0.25) is 0 Å². The van der Waals surface area contributed by atoms with Crippen LogP contribution in [0.15, 0.2) is 71.2 Å². The summed E-state index contributed by atoms with van der Waals surface area (Å²) >= 11 is 3.46. The molecule has 2 aromatic heterocycles. The first-order chi connectivity index (χ1) is 13.6. The van der Waals surface area contributed by atoms with Crippen molar-refractivity contribution in [2.24, 2.45) is 0 Å².